The van der Waals surface area contributed by atoms with Crippen molar-refractivity contribution in [1.82, 2.24) is 24.9 Å². The summed E-state index contributed by atoms with van der Waals surface area (Å²) in [6, 6.07) is 10.8. The van der Waals surface area contributed by atoms with Crippen LogP contribution in [0, 0.1) is 5.92 Å². The Morgan fingerprint density at radius 3 is 2.56 bits per heavy atom. The zero-order chi connectivity index (χ0) is 23.3. The second-order valence-corrected chi connectivity index (χ2v) is 8.71. The Labute approximate surface area is 189 Å². The standard InChI is InChI=1S/C24H33N5O3/c1-5-27(4)23(31)20(14-17(2)3)25-22(30)19-15-21-24(32)28(12-9-13-29(21)26-19)16-18-10-7-6-8-11-18/h6-8,10-11,15,17,20H,5,9,12-14,16H2,1-4H3,(H,25,30). The lowest BCUT2D eigenvalue weighted by molar-refractivity contribution is -0.132. The lowest BCUT2D eigenvalue weighted by Crippen LogP contribution is -2.48. The van der Waals surface area contributed by atoms with Gasteiger partial charge in [-0.05, 0) is 31.2 Å². The van der Waals surface area contributed by atoms with E-state index in [0.29, 0.717) is 38.3 Å². The van der Waals surface area contributed by atoms with Crippen LogP contribution in [0.15, 0.2) is 36.4 Å². The Morgan fingerprint density at radius 1 is 1.19 bits per heavy atom. The van der Waals surface area contributed by atoms with E-state index in [1.807, 2.05) is 51.1 Å². The van der Waals surface area contributed by atoms with Gasteiger partial charge in [-0.2, -0.15) is 5.10 Å². The van der Waals surface area contributed by atoms with E-state index in [1.54, 1.807) is 27.6 Å². The van der Waals surface area contributed by atoms with Crippen LogP contribution in [-0.4, -0.2) is 63.5 Å². The zero-order valence-corrected chi connectivity index (χ0v) is 19.4. The summed E-state index contributed by atoms with van der Waals surface area (Å²) >= 11 is 0. The molecule has 32 heavy (non-hydrogen) atoms. The van der Waals surface area contributed by atoms with Crippen LogP contribution in [-0.2, 0) is 17.9 Å². The number of carbonyl (C=O) groups excluding carboxylic acids is 3. The van der Waals surface area contributed by atoms with Gasteiger partial charge in [0, 0.05) is 39.3 Å². The third-order valence-corrected chi connectivity index (χ3v) is 5.69. The van der Waals surface area contributed by atoms with Crippen molar-refractivity contribution in [3.63, 3.8) is 0 Å². The molecule has 1 atom stereocenters. The number of aromatic nitrogens is 2. The van der Waals surface area contributed by atoms with Gasteiger partial charge in [-0.3, -0.25) is 19.1 Å². The summed E-state index contributed by atoms with van der Waals surface area (Å²) in [7, 11) is 1.72. The van der Waals surface area contributed by atoms with Crippen LogP contribution in [0.25, 0.3) is 0 Å². The lowest BCUT2D eigenvalue weighted by atomic mass is 10.0. The molecule has 1 aromatic carbocycles. The summed E-state index contributed by atoms with van der Waals surface area (Å²) in [6.45, 7) is 8.19. The summed E-state index contributed by atoms with van der Waals surface area (Å²) in [5, 5.41) is 7.23. The second kappa shape index (κ2) is 10.4. The van der Waals surface area contributed by atoms with Crippen LogP contribution >= 0.6 is 0 Å². The van der Waals surface area contributed by atoms with Crippen molar-refractivity contribution in [1.29, 1.82) is 0 Å². The van der Waals surface area contributed by atoms with Crippen molar-refractivity contribution in [2.24, 2.45) is 5.92 Å². The van der Waals surface area contributed by atoms with Gasteiger partial charge in [0.25, 0.3) is 11.8 Å². The molecule has 0 saturated heterocycles. The van der Waals surface area contributed by atoms with Gasteiger partial charge < -0.3 is 15.1 Å². The number of amides is 3. The molecule has 8 nitrogen and oxygen atoms in total. The molecule has 8 heteroatoms. The molecule has 0 radical (unpaired) electrons. The maximum Gasteiger partial charge on any atom is 0.272 e. The monoisotopic (exact) mass is 439 g/mol. The van der Waals surface area contributed by atoms with Gasteiger partial charge in [-0.15, -0.1) is 0 Å². The smallest absolute Gasteiger partial charge is 0.272 e. The number of likely N-dealkylation sites (N-methyl/N-ethyl adjacent to an activating group) is 1. The minimum atomic E-state index is -0.626. The Bertz CT molecular complexity index is 954. The number of carbonyl (C=O) groups is 3. The molecule has 1 aliphatic heterocycles. The minimum Gasteiger partial charge on any atom is -0.344 e. The van der Waals surface area contributed by atoms with Crippen molar-refractivity contribution in [3.05, 3.63) is 53.3 Å². The molecule has 1 aliphatic rings. The first-order chi connectivity index (χ1) is 15.3. The third kappa shape index (κ3) is 5.55. The maximum absolute atomic E-state index is 13.2. The molecule has 0 saturated carbocycles. The van der Waals surface area contributed by atoms with Gasteiger partial charge in [0.1, 0.15) is 11.7 Å². The van der Waals surface area contributed by atoms with E-state index in [1.165, 1.54) is 0 Å². The van der Waals surface area contributed by atoms with E-state index >= 15 is 0 Å². The Kier molecular flexibility index (Phi) is 7.66. The summed E-state index contributed by atoms with van der Waals surface area (Å²) in [6.07, 6.45) is 1.29. The molecule has 3 rings (SSSR count). The van der Waals surface area contributed by atoms with Crippen LogP contribution < -0.4 is 5.32 Å². The first-order valence-electron chi connectivity index (χ1n) is 11.3. The molecule has 2 aromatic rings. The molecule has 3 amide bonds. The number of hydrogen-bond acceptors (Lipinski definition) is 4. The van der Waals surface area contributed by atoms with E-state index in [9.17, 15) is 14.4 Å². The largest absolute Gasteiger partial charge is 0.344 e. The van der Waals surface area contributed by atoms with E-state index in [-0.39, 0.29) is 23.4 Å². The molecule has 1 aromatic heterocycles. The van der Waals surface area contributed by atoms with Gasteiger partial charge in [0.05, 0.1) is 0 Å². The van der Waals surface area contributed by atoms with Crippen LogP contribution in [0.5, 0.6) is 0 Å². The maximum atomic E-state index is 13.2. The molecular formula is C24H33N5O3. The highest BCUT2D eigenvalue weighted by Gasteiger charge is 2.29. The van der Waals surface area contributed by atoms with E-state index in [0.717, 1.165) is 12.0 Å². The predicted molar refractivity (Wildman–Crippen MR) is 122 cm³/mol. The summed E-state index contributed by atoms with van der Waals surface area (Å²) in [5.41, 5.74) is 1.62. The average Bonchev–Trinajstić information content (AvgIpc) is 3.15. The van der Waals surface area contributed by atoms with Crippen LogP contribution in [0.4, 0.5) is 0 Å². The molecule has 2 heterocycles. The number of fused-ring (bicyclic) bond motifs is 1. The predicted octanol–water partition coefficient (Wildman–Crippen LogP) is 2.55. The number of nitrogens with zero attached hydrogens (tertiary/aromatic N) is 4. The molecule has 1 unspecified atom stereocenters. The SMILES string of the molecule is CCN(C)C(=O)C(CC(C)C)NC(=O)c1cc2n(n1)CCCN(Cc1ccccc1)C2=O. The molecule has 172 valence electrons. The van der Waals surface area contributed by atoms with E-state index in [4.69, 9.17) is 0 Å². The lowest BCUT2D eigenvalue weighted by Gasteiger charge is -2.24. The van der Waals surface area contributed by atoms with Crippen molar-refractivity contribution in [3.8, 4) is 0 Å². The first-order valence-corrected chi connectivity index (χ1v) is 11.3. The topological polar surface area (TPSA) is 87.5 Å². The number of aryl methyl sites for hydroxylation is 1. The highest BCUT2D eigenvalue weighted by atomic mass is 16.2. The number of nitrogens with one attached hydrogen (secondary N) is 1. The Morgan fingerprint density at radius 2 is 1.91 bits per heavy atom. The van der Waals surface area contributed by atoms with Gasteiger partial charge in [0.2, 0.25) is 5.91 Å². The normalized spacial score (nSPS) is 14.7. The molecule has 0 aliphatic carbocycles. The second-order valence-electron chi connectivity index (χ2n) is 8.71. The molecule has 0 fully saturated rings. The number of benzene rings is 1. The van der Waals surface area contributed by atoms with Crippen molar-refractivity contribution in [2.75, 3.05) is 20.1 Å². The fourth-order valence-corrected chi connectivity index (χ4v) is 3.85. The molecule has 0 bridgehead atoms. The van der Waals surface area contributed by atoms with Crippen LogP contribution in [0.3, 0.4) is 0 Å². The Balaban J connectivity index is 1.77. The summed E-state index contributed by atoms with van der Waals surface area (Å²) < 4.78 is 1.61. The zero-order valence-electron chi connectivity index (χ0n) is 19.4. The van der Waals surface area contributed by atoms with Crippen LogP contribution in [0.2, 0.25) is 0 Å². The van der Waals surface area contributed by atoms with Crippen molar-refractivity contribution < 1.29 is 14.4 Å². The van der Waals surface area contributed by atoms with Crippen molar-refractivity contribution in [2.45, 2.75) is 52.7 Å². The average molecular weight is 440 g/mol. The Hall–Kier alpha value is -3.16. The minimum absolute atomic E-state index is 0.125. The molecule has 0 spiro atoms. The fourth-order valence-electron chi connectivity index (χ4n) is 3.85. The van der Waals surface area contributed by atoms with Crippen LogP contribution in [0.1, 0.15) is 60.2 Å². The number of hydrogen-bond donors (Lipinski definition) is 1. The van der Waals surface area contributed by atoms with Gasteiger partial charge in [-0.25, -0.2) is 0 Å². The van der Waals surface area contributed by atoms with E-state index < -0.39 is 11.9 Å². The fraction of sp³-hybridized carbons (Fsp3) is 0.500. The van der Waals surface area contributed by atoms with Gasteiger partial charge in [-0.1, -0.05) is 44.2 Å². The molecule has 1 N–H and O–H groups in total. The third-order valence-electron chi connectivity index (χ3n) is 5.69. The molecular weight excluding hydrogens is 406 g/mol. The quantitative estimate of drug-likeness (QED) is 0.685. The summed E-state index contributed by atoms with van der Waals surface area (Å²) in [4.78, 5) is 42.2. The summed E-state index contributed by atoms with van der Waals surface area (Å²) in [5.74, 6) is -0.461. The van der Waals surface area contributed by atoms with Crippen molar-refractivity contribution >= 4 is 17.7 Å². The first kappa shape index (κ1) is 23.5. The van der Waals surface area contributed by atoms with Gasteiger partial charge >= 0.3 is 0 Å². The van der Waals surface area contributed by atoms with E-state index in [2.05, 4.69) is 10.4 Å². The van der Waals surface area contributed by atoms with Gasteiger partial charge in [0.15, 0.2) is 5.69 Å². The highest BCUT2D eigenvalue weighted by Crippen LogP contribution is 2.17. The highest BCUT2D eigenvalue weighted by molar-refractivity contribution is 5.99. The number of rotatable bonds is 8.